The van der Waals surface area contributed by atoms with Gasteiger partial charge in [-0.15, -0.1) is 0 Å². The summed E-state index contributed by atoms with van der Waals surface area (Å²) in [5, 5.41) is 8.32. The molecule has 0 spiro atoms. The second kappa shape index (κ2) is 8.38. The molecule has 3 heterocycles. The van der Waals surface area contributed by atoms with Crippen LogP contribution in [0.25, 0.3) is 5.69 Å². The predicted octanol–water partition coefficient (Wildman–Crippen LogP) is 3.12. The van der Waals surface area contributed by atoms with Crippen LogP contribution >= 0.6 is 0 Å². The molecular formula is C21H22FN5O2. The molecule has 2 unspecified atom stereocenters. The van der Waals surface area contributed by atoms with Crippen LogP contribution in [0.15, 0.2) is 55.0 Å². The lowest BCUT2D eigenvalue weighted by atomic mass is 9.93. The zero-order chi connectivity index (χ0) is 20.2. The standard InChI is InChI=1S/C21H22FN5O2/c1-15-6-7-16(14-29-20-9-8-17(22)12-23-20)13-26(15)21(28)18-4-2-3-5-19(18)27-24-10-11-25-27/h2-5,8-12,15-16H,6-7,13-14H2,1H3. The quantitative estimate of drug-likeness (QED) is 0.664. The highest BCUT2D eigenvalue weighted by Gasteiger charge is 2.31. The fourth-order valence-corrected chi connectivity index (χ4v) is 3.58. The molecule has 0 saturated carbocycles. The average molecular weight is 395 g/mol. The van der Waals surface area contributed by atoms with Gasteiger partial charge in [-0.05, 0) is 38.0 Å². The molecule has 7 nitrogen and oxygen atoms in total. The minimum absolute atomic E-state index is 0.0463. The van der Waals surface area contributed by atoms with Crippen molar-refractivity contribution in [3.8, 4) is 11.6 Å². The van der Waals surface area contributed by atoms with E-state index in [-0.39, 0.29) is 17.9 Å². The van der Waals surface area contributed by atoms with Crippen LogP contribution in [-0.2, 0) is 0 Å². The van der Waals surface area contributed by atoms with Crippen molar-refractivity contribution in [3.05, 3.63) is 66.4 Å². The molecule has 150 valence electrons. The van der Waals surface area contributed by atoms with Crippen molar-refractivity contribution in [2.45, 2.75) is 25.8 Å². The average Bonchev–Trinajstić information content (AvgIpc) is 3.28. The van der Waals surface area contributed by atoms with Gasteiger partial charge < -0.3 is 9.64 Å². The Bertz CT molecular complexity index is 961. The third-order valence-electron chi connectivity index (χ3n) is 5.18. The van der Waals surface area contributed by atoms with E-state index in [0.29, 0.717) is 30.3 Å². The third-order valence-corrected chi connectivity index (χ3v) is 5.18. The van der Waals surface area contributed by atoms with Gasteiger partial charge in [0.25, 0.3) is 5.91 Å². The van der Waals surface area contributed by atoms with Gasteiger partial charge in [0.2, 0.25) is 5.88 Å². The molecule has 0 aliphatic carbocycles. The number of likely N-dealkylation sites (tertiary alicyclic amines) is 1. The number of carbonyl (C=O) groups excluding carboxylic acids is 1. The van der Waals surface area contributed by atoms with Gasteiger partial charge >= 0.3 is 0 Å². The third kappa shape index (κ3) is 4.26. The Labute approximate surface area is 168 Å². The fraction of sp³-hybridized carbons (Fsp3) is 0.333. The van der Waals surface area contributed by atoms with Gasteiger partial charge in [-0.3, -0.25) is 4.79 Å². The molecule has 0 radical (unpaired) electrons. The normalized spacial score (nSPS) is 19.2. The molecular weight excluding hydrogens is 373 g/mol. The van der Waals surface area contributed by atoms with Gasteiger partial charge in [-0.1, -0.05) is 12.1 Å². The molecule has 1 aromatic carbocycles. The van der Waals surface area contributed by atoms with E-state index in [1.165, 1.54) is 16.9 Å². The van der Waals surface area contributed by atoms with Crippen LogP contribution < -0.4 is 4.74 Å². The molecule has 1 aliphatic rings. The summed E-state index contributed by atoms with van der Waals surface area (Å²) in [6.45, 7) is 3.07. The number of rotatable bonds is 5. The molecule has 4 rings (SSSR count). The molecule has 1 amide bonds. The summed E-state index contributed by atoms with van der Waals surface area (Å²) in [6, 6.07) is 10.3. The number of nitrogens with zero attached hydrogens (tertiary/aromatic N) is 5. The number of carbonyl (C=O) groups is 1. The Morgan fingerprint density at radius 1 is 1.17 bits per heavy atom. The summed E-state index contributed by atoms with van der Waals surface area (Å²) in [4.78, 5) is 20.6. The van der Waals surface area contributed by atoms with E-state index in [9.17, 15) is 9.18 Å². The number of hydrogen-bond donors (Lipinski definition) is 0. The number of amides is 1. The highest BCUT2D eigenvalue weighted by molar-refractivity contribution is 5.98. The highest BCUT2D eigenvalue weighted by atomic mass is 19.1. The molecule has 29 heavy (non-hydrogen) atoms. The van der Waals surface area contributed by atoms with E-state index in [1.807, 2.05) is 23.1 Å². The van der Waals surface area contributed by atoms with Crippen LogP contribution in [0, 0.1) is 11.7 Å². The fourth-order valence-electron chi connectivity index (χ4n) is 3.58. The first-order valence-corrected chi connectivity index (χ1v) is 9.63. The second-order valence-corrected chi connectivity index (χ2v) is 7.21. The number of ether oxygens (including phenoxy) is 1. The SMILES string of the molecule is CC1CCC(COc2ccc(F)cn2)CN1C(=O)c1ccccc1-n1nccn1. The molecule has 2 aromatic heterocycles. The van der Waals surface area contributed by atoms with Gasteiger partial charge in [0.15, 0.2) is 0 Å². The molecule has 1 aliphatic heterocycles. The van der Waals surface area contributed by atoms with Crippen molar-refractivity contribution in [2.24, 2.45) is 5.92 Å². The number of aromatic nitrogens is 4. The first kappa shape index (κ1) is 19.0. The molecule has 3 aromatic rings. The molecule has 8 heteroatoms. The Morgan fingerprint density at radius 2 is 1.97 bits per heavy atom. The minimum atomic E-state index is -0.397. The van der Waals surface area contributed by atoms with Crippen molar-refractivity contribution < 1.29 is 13.9 Å². The lowest BCUT2D eigenvalue weighted by Crippen LogP contribution is -2.47. The van der Waals surface area contributed by atoms with Crippen LogP contribution in [0.5, 0.6) is 5.88 Å². The maximum absolute atomic E-state index is 13.3. The predicted molar refractivity (Wildman–Crippen MR) is 104 cm³/mol. The van der Waals surface area contributed by atoms with Crippen molar-refractivity contribution in [1.29, 1.82) is 0 Å². The first-order chi connectivity index (χ1) is 14.1. The Morgan fingerprint density at radius 3 is 2.72 bits per heavy atom. The van der Waals surface area contributed by atoms with Crippen molar-refractivity contribution in [3.63, 3.8) is 0 Å². The molecule has 1 saturated heterocycles. The molecule has 0 N–H and O–H groups in total. The smallest absolute Gasteiger partial charge is 0.256 e. The van der Waals surface area contributed by atoms with Gasteiger partial charge in [0.1, 0.15) is 5.82 Å². The zero-order valence-corrected chi connectivity index (χ0v) is 16.1. The lowest BCUT2D eigenvalue weighted by molar-refractivity contribution is 0.0502. The van der Waals surface area contributed by atoms with Crippen LogP contribution in [0.4, 0.5) is 4.39 Å². The van der Waals surface area contributed by atoms with Crippen molar-refractivity contribution in [2.75, 3.05) is 13.2 Å². The summed E-state index contributed by atoms with van der Waals surface area (Å²) >= 11 is 0. The van der Waals surface area contributed by atoms with Gasteiger partial charge in [0.05, 0.1) is 36.4 Å². The maximum atomic E-state index is 13.3. The summed E-state index contributed by atoms with van der Waals surface area (Å²) in [7, 11) is 0. The molecule has 0 bridgehead atoms. The van der Waals surface area contributed by atoms with E-state index >= 15 is 0 Å². The lowest BCUT2D eigenvalue weighted by Gasteiger charge is -2.38. The van der Waals surface area contributed by atoms with E-state index in [4.69, 9.17) is 4.74 Å². The Kier molecular flexibility index (Phi) is 5.50. The number of para-hydroxylation sites is 1. The van der Waals surface area contributed by atoms with E-state index in [0.717, 1.165) is 19.0 Å². The summed E-state index contributed by atoms with van der Waals surface area (Å²) in [5.74, 6) is 0.121. The number of benzene rings is 1. The van der Waals surface area contributed by atoms with Crippen LogP contribution in [0.3, 0.4) is 0 Å². The number of hydrogen-bond acceptors (Lipinski definition) is 5. The minimum Gasteiger partial charge on any atom is -0.477 e. The largest absolute Gasteiger partial charge is 0.477 e. The Balaban J connectivity index is 1.47. The molecule has 1 fully saturated rings. The monoisotopic (exact) mass is 395 g/mol. The topological polar surface area (TPSA) is 73.1 Å². The van der Waals surface area contributed by atoms with E-state index < -0.39 is 5.82 Å². The molecule has 2 atom stereocenters. The van der Waals surface area contributed by atoms with Crippen LogP contribution in [0.2, 0.25) is 0 Å². The van der Waals surface area contributed by atoms with Crippen molar-refractivity contribution in [1.82, 2.24) is 24.9 Å². The van der Waals surface area contributed by atoms with Crippen LogP contribution in [-0.4, -0.2) is 50.0 Å². The van der Waals surface area contributed by atoms with E-state index in [1.54, 1.807) is 18.5 Å². The van der Waals surface area contributed by atoms with Gasteiger partial charge in [-0.25, -0.2) is 9.37 Å². The summed E-state index contributed by atoms with van der Waals surface area (Å²) in [5.41, 5.74) is 1.22. The van der Waals surface area contributed by atoms with E-state index in [2.05, 4.69) is 22.1 Å². The van der Waals surface area contributed by atoms with Crippen LogP contribution in [0.1, 0.15) is 30.1 Å². The number of halogens is 1. The van der Waals surface area contributed by atoms with Crippen molar-refractivity contribution >= 4 is 5.91 Å². The number of piperidine rings is 1. The zero-order valence-electron chi connectivity index (χ0n) is 16.1. The highest BCUT2D eigenvalue weighted by Crippen LogP contribution is 2.26. The number of pyridine rings is 1. The second-order valence-electron chi connectivity index (χ2n) is 7.21. The first-order valence-electron chi connectivity index (χ1n) is 9.63. The summed E-state index contributed by atoms with van der Waals surface area (Å²) < 4.78 is 18.7. The van der Waals surface area contributed by atoms with Gasteiger partial charge in [-0.2, -0.15) is 15.0 Å². The maximum Gasteiger partial charge on any atom is 0.256 e. The Hall–Kier alpha value is -3.29. The summed E-state index contributed by atoms with van der Waals surface area (Å²) in [6.07, 6.45) is 6.14. The van der Waals surface area contributed by atoms with Gasteiger partial charge in [0, 0.05) is 24.6 Å².